The lowest BCUT2D eigenvalue weighted by Gasteiger charge is -2.38. The van der Waals surface area contributed by atoms with E-state index in [0.717, 1.165) is 13.1 Å². The minimum Gasteiger partial charge on any atom is -0.299 e. The molecular weight excluding hydrogens is 258 g/mol. The lowest BCUT2D eigenvalue weighted by atomic mass is 9.88. The van der Waals surface area contributed by atoms with Gasteiger partial charge in [0.05, 0.1) is 0 Å². The van der Waals surface area contributed by atoms with Gasteiger partial charge in [-0.25, -0.2) is 0 Å². The van der Waals surface area contributed by atoms with Gasteiger partial charge in [-0.3, -0.25) is 9.69 Å². The molecular formula is C19H21NO. The number of hydrogen-bond donors (Lipinski definition) is 0. The summed E-state index contributed by atoms with van der Waals surface area (Å²) in [7, 11) is 0. The van der Waals surface area contributed by atoms with Crippen LogP contribution in [0.25, 0.3) is 0 Å². The summed E-state index contributed by atoms with van der Waals surface area (Å²) < 4.78 is 0. The smallest absolute Gasteiger partial charge is 0.138 e. The van der Waals surface area contributed by atoms with Crippen LogP contribution in [0, 0.1) is 5.92 Å². The molecule has 1 saturated heterocycles. The molecule has 2 nitrogen and oxygen atoms in total. The Morgan fingerprint density at radius 2 is 1.62 bits per heavy atom. The molecule has 3 rings (SSSR count). The molecule has 0 N–H and O–H groups in total. The third-order valence-corrected chi connectivity index (χ3v) is 4.31. The van der Waals surface area contributed by atoms with E-state index in [2.05, 4.69) is 53.4 Å². The lowest BCUT2D eigenvalue weighted by molar-refractivity contribution is -0.128. The number of nitrogens with zero attached hydrogens (tertiary/aromatic N) is 1. The molecule has 0 bridgehead atoms. The van der Waals surface area contributed by atoms with Crippen LogP contribution in [0.1, 0.15) is 30.5 Å². The van der Waals surface area contributed by atoms with Crippen LogP contribution >= 0.6 is 0 Å². The quantitative estimate of drug-likeness (QED) is 0.851. The van der Waals surface area contributed by atoms with Crippen molar-refractivity contribution < 1.29 is 4.79 Å². The molecule has 21 heavy (non-hydrogen) atoms. The summed E-state index contributed by atoms with van der Waals surface area (Å²) in [6, 6.07) is 21.1. The fourth-order valence-electron chi connectivity index (χ4n) is 3.10. The first-order valence-electron chi connectivity index (χ1n) is 7.59. The summed E-state index contributed by atoms with van der Waals surface area (Å²) in [6.07, 6.45) is 0.623. The fourth-order valence-corrected chi connectivity index (χ4v) is 3.10. The zero-order valence-corrected chi connectivity index (χ0v) is 12.4. The Bertz CT molecular complexity index is 593. The van der Waals surface area contributed by atoms with Crippen molar-refractivity contribution in [3.63, 3.8) is 0 Å². The molecule has 0 spiro atoms. The van der Waals surface area contributed by atoms with E-state index in [9.17, 15) is 4.79 Å². The van der Waals surface area contributed by atoms with Crippen LogP contribution in [0.3, 0.4) is 0 Å². The number of piperidine rings is 1. The monoisotopic (exact) mass is 279 g/mol. The van der Waals surface area contributed by atoms with Gasteiger partial charge in [0.1, 0.15) is 5.78 Å². The van der Waals surface area contributed by atoms with Crippen LogP contribution in [0.5, 0.6) is 0 Å². The van der Waals surface area contributed by atoms with Gasteiger partial charge in [-0.1, -0.05) is 67.6 Å². The highest BCUT2D eigenvalue weighted by Gasteiger charge is 2.32. The first-order valence-corrected chi connectivity index (χ1v) is 7.59. The minimum absolute atomic E-state index is 0.133. The number of rotatable bonds is 3. The first-order chi connectivity index (χ1) is 10.2. The zero-order chi connectivity index (χ0) is 14.7. The summed E-state index contributed by atoms with van der Waals surface area (Å²) in [5.74, 6) is 0.516. The normalized spacial score (nSPS) is 23.2. The number of hydrogen-bond acceptors (Lipinski definition) is 2. The Labute approximate surface area is 126 Å². The van der Waals surface area contributed by atoms with E-state index in [4.69, 9.17) is 0 Å². The van der Waals surface area contributed by atoms with Crippen molar-refractivity contribution in [2.75, 3.05) is 6.54 Å². The van der Waals surface area contributed by atoms with Gasteiger partial charge in [-0.2, -0.15) is 0 Å². The Morgan fingerprint density at radius 3 is 2.29 bits per heavy atom. The van der Waals surface area contributed by atoms with E-state index in [-0.39, 0.29) is 12.0 Å². The van der Waals surface area contributed by atoms with Crippen LogP contribution in [0.4, 0.5) is 0 Å². The largest absolute Gasteiger partial charge is 0.299 e. The molecule has 1 aliphatic rings. The van der Waals surface area contributed by atoms with Gasteiger partial charge in [0.25, 0.3) is 0 Å². The van der Waals surface area contributed by atoms with Crippen LogP contribution in [-0.2, 0) is 11.3 Å². The van der Waals surface area contributed by atoms with Crippen LogP contribution in [0.15, 0.2) is 60.7 Å². The van der Waals surface area contributed by atoms with Crippen molar-refractivity contribution in [2.45, 2.75) is 25.9 Å². The van der Waals surface area contributed by atoms with E-state index in [1.165, 1.54) is 11.1 Å². The Morgan fingerprint density at radius 1 is 1.00 bits per heavy atom. The van der Waals surface area contributed by atoms with Crippen LogP contribution < -0.4 is 0 Å². The molecule has 1 aliphatic heterocycles. The molecule has 2 aromatic rings. The van der Waals surface area contributed by atoms with Crippen molar-refractivity contribution in [1.82, 2.24) is 4.90 Å². The lowest BCUT2D eigenvalue weighted by Crippen LogP contribution is -2.41. The highest BCUT2D eigenvalue weighted by molar-refractivity contribution is 5.82. The third-order valence-electron chi connectivity index (χ3n) is 4.31. The Hall–Kier alpha value is -1.93. The average Bonchev–Trinajstić information content (AvgIpc) is 2.52. The Kier molecular flexibility index (Phi) is 4.16. The maximum atomic E-state index is 12.1. The molecule has 0 saturated carbocycles. The number of ketones is 1. The summed E-state index contributed by atoms with van der Waals surface area (Å²) >= 11 is 0. The summed E-state index contributed by atoms with van der Waals surface area (Å²) in [6.45, 7) is 3.78. The maximum absolute atomic E-state index is 12.1. The summed E-state index contributed by atoms with van der Waals surface area (Å²) in [5.41, 5.74) is 2.55. The number of benzene rings is 2. The SMILES string of the molecule is C[C@H]1CN(Cc2ccccc2)[C@H](c2ccccc2)CC1=O. The molecule has 2 heteroatoms. The second kappa shape index (κ2) is 6.23. The Balaban J connectivity index is 1.85. The predicted molar refractivity (Wildman–Crippen MR) is 84.8 cm³/mol. The van der Waals surface area contributed by atoms with E-state index in [0.29, 0.717) is 12.2 Å². The third kappa shape index (κ3) is 3.22. The van der Waals surface area contributed by atoms with Crippen LogP contribution in [0.2, 0.25) is 0 Å². The second-order valence-corrected chi connectivity index (χ2v) is 5.91. The van der Waals surface area contributed by atoms with Crippen molar-refractivity contribution in [2.24, 2.45) is 5.92 Å². The summed E-state index contributed by atoms with van der Waals surface area (Å²) in [4.78, 5) is 14.6. The number of carbonyl (C=O) groups is 1. The zero-order valence-electron chi connectivity index (χ0n) is 12.4. The fraction of sp³-hybridized carbons (Fsp3) is 0.316. The van der Waals surface area contributed by atoms with Gasteiger partial charge in [-0.15, -0.1) is 0 Å². The van der Waals surface area contributed by atoms with Gasteiger partial charge >= 0.3 is 0 Å². The molecule has 1 fully saturated rings. The van der Waals surface area contributed by atoms with Crippen molar-refractivity contribution >= 4 is 5.78 Å². The van der Waals surface area contributed by atoms with E-state index in [1.54, 1.807) is 0 Å². The molecule has 0 unspecified atom stereocenters. The van der Waals surface area contributed by atoms with Crippen molar-refractivity contribution in [3.05, 3.63) is 71.8 Å². The molecule has 2 aromatic carbocycles. The molecule has 0 aromatic heterocycles. The predicted octanol–water partition coefficient (Wildman–Crippen LogP) is 3.84. The van der Waals surface area contributed by atoms with Gasteiger partial charge in [0.2, 0.25) is 0 Å². The van der Waals surface area contributed by atoms with E-state index in [1.807, 2.05) is 19.1 Å². The topological polar surface area (TPSA) is 20.3 Å². The molecule has 0 amide bonds. The summed E-state index contributed by atoms with van der Waals surface area (Å²) in [5, 5.41) is 0. The van der Waals surface area contributed by atoms with Crippen molar-refractivity contribution in [1.29, 1.82) is 0 Å². The molecule has 1 heterocycles. The van der Waals surface area contributed by atoms with E-state index >= 15 is 0 Å². The highest BCUT2D eigenvalue weighted by atomic mass is 16.1. The minimum atomic E-state index is 0.133. The molecule has 2 atom stereocenters. The second-order valence-electron chi connectivity index (χ2n) is 5.91. The molecule has 0 aliphatic carbocycles. The maximum Gasteiger partial charge on any atom is 0.138 e. The van der Waals surface area contributed by atoms with E-state index < -0.39 is 0 Å². The molecule has 0 radical (unpaired) electrons. The molecule has 108 valence electrons. The van der Waals surface area contributed by atoms with Gasteiger partial charge in [-0.05, 0) is 11.1 Å². The van der Waals surface area contributed by atoms with Crippen LogP contribution in [-0.4, -0.2) is 17.2 Å². The first kappa shape index (κ1) is 14.0. The van der Waals surface area contributed by atoms with Gasteiger partial charge < -0.3 is 0 Å². The standard InChI is InChI=1S/C19H21NO/c1-15-13-20(14-16-8-4-2-5-9-16)18(12-19(15)21)17-10-6-3-7-11-17/h2-11,15,18H,12-14H2,1H3/t15-,18-/m0/s1. The number of Topliss-reactive ketones (excluding diaryl/α,β-unsaturated/α-hetero) is 1. The van der Waals surface area contributed by atoms with Gasteiger partial charge in [0, 0.05) is 31.5 Å². The average molecular weight is 279 g/mol. The number of likely N-dealkylation sites (tertiary alicyclic amines) is 1. The van der Waals surface area contributed by atoms with Crippen molar-refractivity contribution in [3.8, 4) is 0 Å². The highest BCUT2D eigenvalue weighted by Crippen LogP contribution is 2.32. The van der Waals surface area contributed by atoms with Gasteiger partial charge in [0.15, 0.2) is 0 Å². The number of carbonyl (C=O) groups excluding carboxylic acids is 1.